The number of hydrogen-bond acceptors (Lipinski definition) is 4. The van der Waals surface area contributed by atoms with Crippen molar-refractivity contribution in [1.82, 2.24) is 10.6 Å². The molecule has 1 aliphatic carbocycles. The Morgan fingerprint density at radius 3 is 2.41 bits per heavy atom. The molecule has 17 heavy (non-hydrogen) atoms. The number of rotatable bonds is 5. The van der Waals surface area contributed by atoms with Crippen molar-refractivity contribution in [3.8, 4) is 0 Å². The topological polar surface area (TPSA) is 53.5 Å². The highest BCUT2D eigenvalue weighted by Gasteiger charge is 2.41. The van der Waals surface area contributed by atoms with Gasteiger partial charge in [-0.1, -0.05) is 0 Å². The minimum atomic E-state index is -0.257. The molecule has 4 unspecified atom stereocenters. The van der Waals surface area contributed by atoms with Gasteiger partial charge >= 0.3 is 0 Å². The Balaban J connectivity index is 2.57. The average molecular weight is 244 g/mol. The van der Waals surface area contributed by atoms with Crippen molar-refractivity contribution < 1.29 is 9.84 Å². The quantitative estimate of drug-likeness (QED) is 0.663. The van der Waals surface area contributed by atoms with E-state index in [1.54, 1.807) is 0 Å². The second-order valence-electron chi connectivity index (χ2n) is 6.02. The van der Waals surface area contributed by atoms with Crippen molar-refractivity contribution in [3.05, 3.63) is 0 Å². The van der Waals surface area contributed by atoms with Crippen LogP contribution in [0.5, 0.6) is 0 Å². The lowest BCUT2D eigenvalue weighted by molar-refractivity contribution is -0.0295. The van der Waals surface area contributed by atoms with Gasteiger partial charge in [0.15, 0.2) is 0 Å². The highest BCUT2D eigenvalue weighted by atomic mass is 16.5. The van der Waals surface area contributed by atoms with E-state index < -0.39 is 0 Å². The molecule has 4 heteroatoms. The van der Waals surface area contributed by atoms with Crippen LogP contribution in [0.4, 0.5) is 0 Å². The molecule has 0 saturated heterocycles. The van der Waals surface area contributed by atoms with E-state index in [2.05, 4.69) is 31.4 Å². The lowest BCUT2D eigenvalue weighted by Gasteiger charge is -2.27. The molecule has 3 N–H and O–H groups in total. The van der Waals surface area contributed by atoms with Gasteiger partial charge in [-0.3, -0.25) is 0 Å². The summed E-state index contributed by atoms with van der Waals surface area (Å²) in [7, 11) is 3.88. The van der Waals surface area contributed by atoms with Gasteiger partial charge in [0.05, 0.1) is 18.3 Å². The third-order valence-corrected chi connectivity index (χ3v) is 3.53. The minimum Gasteiger partial charge on any atom is -0.391 e. The minimum absolute atomic E-state index is 0.104. The van der Waals surface area contributed by atoms with Gasteiger partial charge in [0, 0.05) is 6.04 Å². The highest BCUT2D eigenvalue weighted by molar-refractivity contribution is 4.96. The zero-order chi connectivity index (χ0) is 13.1. The van der Waals surface area contributed by atoms with Crippen molar-refractivity contribution in [2.24, 2.45) is 11.8 Å². The Morgan fingerprint density at radius 2 is 1.94 bits per heavy atom. The summed E-state index contributed by atoms with van der Waals surface area (Å²) in [6.45, 7) is 7.86. The molecule has 0 spiro atoms. The lowest BCUT2D eigenvalue weighted by atomic mass is 9.94. The number of nitrogens with one attached hydrogen (secondary N) is 2. The van der Waals surface area contributed by atoms with Gasteiger partial charge in [-0.2, -0.15) is 0 Å². The summed E-state index contributed by atoms with van der Waals surface area (Å²) in [6, 6.07) is 0.177. The zero-order valence-electron chi connectivity index (χ0n) is 11.8. The van der Waals surface area contributed by atoms with Gasteiger partial charge in [0.25, 0.3) is 0 Å². The SMILES string of the molecule is CNCC1C(COC(C)(C)C)CC(O)C1NC. The Kier molecular flexibility index (Phi) is 5.38. The molecular weight excluding hydrogens is 216 g/mol. The summed E-state index contributed by atoms with van der Waals surface area (Å²) in [5, 5.41) is 16.5. The van der Waals surface area contributed by atoms with E-state index in [0.717, 1.165) is 19.6 Å². The maximum absolute atomic E-state index is 10.0. The predicted molar refractivity (Wildman–Crippen MR) is 70.1 cm³/mol. The van der Waals surface area contributed by atoms with Crippen molar-refractivity contribution in [2.75, 3.05) is 27.2 Å². The molecule has 0 aromatic rings. The molecule has 4 atom stereocenters. The Hall–Kier alpha value is -0.160. The second kappa shape index (κ2) is 6.14. The van der Waals surface area contributed by atoms with Crippen molar-refractivity contribution in [1.29, 1.82) is 0 Å². The maximum atomic E-state index is 10.0. The van der Waals surface area contributed by atoms with Crippen LogP contribution in [-0.4, -0.2) is 50.1 Å². The summed E-state index contributed by atoms with van der Waals surface area (Å²) in [6.07, 6.45) is 0.570. The zero-order valence-corrected chi connectivity index (χ0v) is 11.8. The van der Waals surface area contributed by atoms with E-state index in [1.165, 1.54) is 0 Å². The molecule has 0 amide bonds. The number of likely N-dealkylation sites (N-methyl/N-ethyl adjacent to an activating group) is 1. The van der Waals surface area contributed by atoms with E-state index in [1.807, 2.05) is 14.1 Å². The van der Waals surface area contributed by atoms with E-state index in [0.29, 0.717) is 11.8 Å². The Bertz CT molecular complexity index is 228. The molecule has 1 aliphatic rings. The van der Waals surface area contributed by atoms with Crippen LogP contribution in [0.2, 0.25) is 0 Å². The Morgan fingerprint density at radius 1 is 1.29 bits per heavy atom. The number of aliphatic hydroxyl groups is 1. The average Bonchev–Trinajstić information content (AvgIpc) is 2.51. The molecule has 1 rings (SSSR count). The molecule has 0 radical (unpaired) electrons. The normalized spacial score (nSPS) is 34.2. The van der Waals surface area contributed by atoms with Crippen molar-refractivity contribution in [2.45, 2.75) is 44.9 Å². The molecule has 1 saturated carbocycles. The van der Waals surface area contributed by atoms with Gasteiger partial charge in [-0.25, -0.2) is 0 Å². The largest absolute Gasteiger partial charge is 0.391 e. The van der Waals surface area contributed by atoms with Crippen LogP contribution >= 0.6 is 0 Å². The van der Waals surface area contributed by atoms with E-state index in [-0.39, 0.29) is 17.7 Å². The third kappa shape index (κ3) is 4.21. The van der Waals surface area contributed by atoms with Gasteiger partial charge in [-0.15, -0.1) is 0 Å². The van der Waals surface area contributed by atoms with E-state index in [4.69, 9.17) is 4.74 Å². The van der Waals surface area contributed by atoms with Crippen molar-refractivity contribution in [3.63, 3.8) is 0 Å². The molecule has 0 bridgehead atoms. The Labute approximate surface area is 105 Å². The smallest absolute Gasteiger partial charge is 0.0700 e. The molecule has 4 nitrogen and oxygen atoms in total. The van der Waals surface area contributed by atoms with Gasteiger partial charge in [0.2, 0.25) is 0 Å². The first-order valence-corrected chi connectivity index (χ1v) is 6.53. The first-order chi connectivity index (χ1) is 7.89. The molecule has 1 fully saturated rings. The second-order valence-corrected chi connectivity index (χ2v) is 6.02. The van der Waals surface area contributed by atoms with Crippen LogP contribution in [0, 0.1) is 11.8 Å². The van der Waals surface area contributed by atoms with Crippen LogP contribution in [0.1, 0.15) is 27.2 Å². The molecule has 0 aliphatic heterocycles. The van der Waals surface area contributed by atoms with Gasteiger partial charge < -0.3 is 20.5 Å². The van der Waals surface area contributed by atoms with Crippen LogP contribution in [-0.2, 0) is 4.74 Å². The molecule has 0 aromatic carbocycles. The van der Waals surface area contributed by atoms with Crippen LogP contribution in [0.25, 0.3) is 0 Å². The summed E-state index contributed by atoms with van der Waals surface area (Å²) < 4.78 is 5.86. The van der Waals surface area contributed by atoms with Crippen molar-refractivity contribution >= 4 is 0 Å². The predicted octanol–water partition coefficient (Wildman–Crippen LogP) is 0.606. The van der Waals surface area contributed by atoms with E-state index in [9.17, 15) is 5.11 Å². The summed E-state index contributed by atoms with van der Waals surface area (Å²) in [5.74, 6) is 0.858. The molecule has 0 aromatic heterocycles. The van der Waals surface area contributed by atoms with Gasteiger partial charge in [-0.05, 0) is 59.7 Å². The number of aliphatic hydroxyl groups excluding tert-OH is 1. The van der Waals surface area contributed by atoms with Crippen LogP contribution < -0.4 is 10.6 Å². The fraction of sp³-hybridized carbons (Fsp3) is 1.00. The lowest BCUT2D eigenvalue weighted by Crippen LogP contribution is -2.43. The maximum Gasteiger partial charge on any atom is 0.0700 e. The third-order valence-electron chi connectivity index (χ3n) is 3.53. The number of ether oxygens (including phenoxy) is 1. The van der Waals surface area contributed by atoms with Gasteiger partial charge in [0.1, 0.15) is 0 Å². The van der Waals surface area contributed by atoms with Crippen LogP contribution in [0.15, 0.2) is 0 Å². The fourth-order valence-electron chi connectivity index (χ4n) is 2.69. The first-order valence-electron chi connectivity index (χ1n) is 6.53. The first kappa shape index (κ1) is 14.9. The molecular formula is C13H28N2O2. The molecule has 0 heterocycles. The highest BCUT2D eigenvalue weighted by Crippen LogP contribution is 2.33. The monoisotopic (exact) mass is 244 g/mol. The standard InChI is InChI=1S/C13H28N2O2/c1-13(2,3)17-8-9-6-11(16)12(15-5)10(9)7-14-4/h9-12,14-16H,6-8H2,1-5H3. The van der Waals surface area contributed by atoms with E-state index >= 15 is 0 Å². The number of hydrogen-bond donors (Lipinski definition) is 3. The summed E-state index contributed by atoms with van der Waals surface area (Å²) >= 11 is 0. The van der Waals surface area contributed by atoms with Crippen LogP contribution in [0.3, 0.4) is 0 Å². The summed E-state index contributed by atoms with van der Waals surface area (Å²) in [5.41, 5.74) is -0.104. The molecule has 102 valence electrons. The summed E-state index contributed by atoms with van der Waals surface area (Å²) in [4.78, 5) is 0. The fourth-order valence-corrected chi connectivity index (χ4v) is 2.69.